The Labute approximate surface area is 61.9 Å². The van der Waals surface area contributed by atoms with Crippen LogP contribution in [0, 0.1) is 13.8 Å². The van der Waals surface area contributed by atoms with Crippen LogP contribution < -0.4 is 5.73 Å². The molecule has 1 nitrogen and oxygen atoms in total. The monoisotopic (exact) mass is 134 g/mol. The van der Waals surface area contributed by atoms with E-state index in [0.29, 0.717) is 0 Å². The minimum atomic E-state index is -0.0967. The predicted octanol–water partition coefficient (Wildman–Crippen LogP) is 1.83. The number of nitrogens with two attached hydrogens (primary N) is 1. The summed E-state index contributed by atoms with van der Waals surface area (Å²) >= 11 is 0. The number of rotatable bonds is 1. The van der Waals surface area contributed by atoms with Gasteiger partial charge in [-0.2, -0.15) is 0 Å². The van der Waals surface area contributed by atoms with Gasteiger partial charge in [-0.15, -0.1) is 0 Å². The fraction of sp³-hybridized carbons (Fsp3) is 0.222. The third-order valence-corrected chi connectivity index (χ3v) is 1.51. The van der Waals surface area contributed by atoms with Gasteiger partial charge in [-0.25, -0.2) is 0 Å². The number of aryl methyl sites for hydroxylation is 1. The molecular formula is C9H12N. The molecule has 0 aliphatic rings. The van der Waals surface area contributed by atoms with E-state index in [1.54, 1.807) is 0 Å². The summed E-state index contributed by atoms with van der Waals surface area (Å²) in [5.74, 6) is 0. The fourth-order valence-electron chi connectivity index (χ4n) is 0.814. The first-order valence-electron chi connectivity index (χ1n) is 3.35. The lowest BCUT2D eigenvalue weighted by molar-refractivity contribution is 0.907. The SMILES string of the molecule is [CH2]C(N)c1ccc(C)cc1. The Hall–Kier alpha value is -0.820. The molecule has 0 spiro atoms. The van der Waals surface area contributed by atoms with E-state index in [2.05, 4.69) is 13.8 Å². The predicted molar refractivity (Wildman–Crippen MR) is 43.5 cm³/mol. The molecule has 1 atom stereocenters. The van der Waals surface area contributed by atoms with Crippen LogP contribution >= 0.6 is 0 Å². The highest BCUT2D eigenvalue weighted by Crippen LogP contribution is 2.09. The van der Waals surface area contributed by atoms with Crippen LogP contribution in [0.3, 0.4) is 0 Å². The highest BCUT2D eigenvalue weighted by atomic mass is 14.6. The van der Waals surface area contributed by atoms with Gasteiger partial charge in [0, 0.05) is 6.04 Å². The van der Waals surface area contributed by atoms with Gasteiger partial charge in [0.2, 0.25) is 0 Å². The van der Waals surface area contributed by atoms with Gasteiger partial charge in [-0.05, 0) is 19.4 Å². The summed E-state index contributed by atoms with van der Waals surface area (Å²) < 4.78 is 0. The molecule has 0 saturated heterocycles. The van der Waals surface area contributed by atoms with E-state index in [1.807, 2.05) is 24.3 Å². The molecule has 0 bridgehead atoms. The lowest BCUT2D eigenvalue weighted by Crippen LogP contribution is -2.04. The molecule has 53 valence electrons. The normalized spacial score (nSPS) is 13.1. The summed E-state index contributed by atoms with van der Waals surface area (Å²) in [6, 6.07) is 8.00. The summed E-state index contributed by atoms with van der Waals surface area (Å²) in [5, 5.41) is 0. The first-order chi connectivity index (χ1) is 4.70. The third-order valence-electron chi connectivity index (χ3n) is 1.51. The summed E-state index contributed by atoms with van der Waals surface area (Å²) in [5.41, 5.74) is 7.90. The molecule has 10 heavy (non-hydrogen) atoms. The van der Waals surface area contributed by atoms with E-state index >= 15 is 0 Å². The lowest BCUT2D eigenvalue weighted by atomic mass is 10.1. The van der Waals surface area contributed by atoms with Crippen LogP contribution in [0.2, 0.25) is 0 Å². The van der Waals surface area contributed by atoms with Crippen LogP contribution in [0.25, 0.3) is 0 Å². The van der Waals surface area contributed by atoms with Crippen LogP contribution in [0.4, 0.5) is 0 Å². The first-order valence-corrected chi connectivity index (χ1v) is 3.35. The van der Waals surface area contributed by atoms with Crippen molar-refractivity contribution in [3.63, 3.8) is 0 Å². The molecule has 1 aromatic rings. The second kappa shape index (κ2) is 2.84. The average molecular weight is 134 g/mol. The third kappa shape index (κ3) is 1.58. The van der Waals surface area contributed by atoms with Gasteiger partial charge in [0.1, 0.15) is 0 Å². The van der Waals surface area contributed by atoms with Crippen LogP contribution in [-0.4, -0.2) is 0 Å². The van der Waals surface area contributed by atoms with Crippen LogP contribution in [0.15, 0.2) is 24.3 Å². The Kier molecular flexibility index (Phi) is 2.07. The molecule has 1 rings (SSSR count). The van der Waals surface area contributed by atoms with Crippen molar-refractivity contribution in [2.45, 2.75) is 13.0 Å². The van der Waals surface area contributed by atoms with E-state index < -0.39 is 0 Å². The summed E-state index contributed by atoms with van der Waals surface area (Å²) in [6.07, 6.45) is 0. The molecule has 1 aromatic carbocycles. The van der Waals surface area contributed by atoms with Gasteiger partial charge < -0.3 is 5.73 Å². The van der Waals surface area contributed by atoms with Crippen molar-refractivity contribution in [2.24, 2.45) is 5.73 Å². The molecule has 1 heteroatoms. The standard InChI is InChI=1S/C9H12N/c1-7-3-5-9(6-4-7)8(2)10/h3-6,8H,2,10H2,1H3. The molecular weight excluding hydrogens is 122 g/mol. The average Bonchev–Trinajstić information content (AvgIpc) is 1.88. The Morgan fingerprint density at radius 1 is 1.30 bits per heavy atom. The van der Waals surface area contributed by atoms with E-state index in [9.17, 15) is 0 Å². The molecule has 0 aliphatic heterocycles. The van der Waals surface area contributed by atoms with Crippen LogP contribution in [0.5, 0.6) is 0 Å². The molecule has 0 heterocycles. The highest BCUT2D eigenvalue weighted by Gasteiger charge is 1.95. The molecule has 0 aromatic heterocycles. The van der Waals surface area contributed by atoms with Gasteiger partial charge >= 0.3 is 0 Å². The summed E-state index contributed by atoms with van der Waals surface area (Å²) in [7, 11) is 0. The van der Waals surface area contributed by atoms with E-state index in [4.69, 9.17) is 5.73 Å². The topological polar surface area (TPSA) is 26.0 Å². The Morgan fingerprint density at radius 2 is 1.80 bits per heavy atom. The second-order valence-corrected chi connectivity index (χ2v) is 2.52. The Morgan fingerprint density at radius 3 is 2.20 bits per heavy atom. The van der Waals surface area contributed by atoms with Gasteiger partial charge in [-0.1, -0.05) is 29.8 Å². The minimum absolute atomic E-state index is 0.0967. The van der Waals surface area contributed by atoms with Crippen molar-refractivity contribution >= 4 is 0 Å². The van der Waals surface area contributed by atoms with Crippen LogP contribution in [-0.2, 0) is 0 Å². The van der Waals surface area contributed by atoms with Gasteiger partial charge in [0.05, 0.1) is 0 Å². The van der Waals surface area contributed by atoms with Crippen molar-refractivity contribution in [1.82, 2.24) is 0 Å². The quantitative estimate of drug-likeness (QED) is 0.623. The van der Waals surface area contributed by atoms with Crippen molar-refractivity contribution in [3.8, 4) is 0 Å². The smallest absolute Gasteiger partial charge is 0.0295 e. The summed E-state index contributed by atoms with van der Waals surface area (Å²) in [4.78, 5) is 0. The van der Waals surface area contributed by atoms with Crippen molar-refractivity contribution in [2.75, 3.05) is 0 Å². The molecule has 0 amide bonds. The van der Waals surface area contributed by atoms with Crippen LogP contribution in [0.1, 0.15) is 17.2 Å². The highest BCUT2D eigenvalue weighted by molar-refractivity contribution is 5.24. The maximum atomic E-state index is 5.55. The van der Waals surface area contributed by atoms with Gasteiger partial charge in [0.15, 0.2) is 0 Å². The zero-order chi connectivity index (χ0) is 7.56. The Balaban J connectivity index is 2.89. The number of hydrogen-bond acceptors (Lipinski definition) is 1. The largest absolute Gasteiger partial charge is 0.324 e. The zero-order valence-electron chi connectivity index (χ0n) is 6.17. The maximum Gasteiger partial charge on any atom is 0.0295 e. The summed E-state index contributed by atoms with van der Waals surface area (Å²) in [6.45, 7) is 5.77. The molecule has 0 fully saturated rings. The zero-order valence-corrected chi connectivity index (χ0v) is 6.17. The molecule has 1 radical (unpaired) electrons. The molecule has 2 N–H and O–H groups in total. The lowest BCUT2D eigenvalue weighted by Gasteiger charge is -2.03. The molecule has 0 aliphatic carbocycles. The van der Waals surface area contributed by atoms with Crippen molar-refractivity contribution < 1.29 is 0 Å². The fourth-order valence-corrected chi connectivity index (χ4v) is 0.814. The maximum absolute atomic E-state index is 5.55. The van der Waals surface area contributed by atoms with Crippen molar-refractivity contribution in [1.29, 1.82) is 0 Å². The Bertz CT molecular complexity index is 198. The van der Waals surface area contributed by atoms with Gasteiger partial charge in [-0.3, -0.25) is 0 Å². The molecule has 0 saturated carbocycles. The van der Waals surface area contributed by atoms with E-state index in [1.165, 1.54) is 5.56 Å². The molecule has 1 unspecified atom stereocenters. The van der Waals surface area contributed by atoms with E-state index in [0.717, 1.165) is 5.56 Å². The number of benzene rings is 1. The minimum Gasteiger partial charge on any atom is -0.324 e. The second-order valence-electron chi connectivity index (χ2n) is 2.52. The van der Waals surface area contributed by atoms with Gasteiger partial charge in [0.25, 0.3) is 0 Å². The van der Waals surface area contributed by atoms with E-state index in [-0.39, 0.29) is 6.04 Å². The first kappa shape index (κ1) is 7.29. The number of hydrogen-bond donors (Lipinski definition) is 1. The van der Waals surface area contributed by atoms with Crippen molar-refractivity contribution in [3.05, 3.63) is 42.3 Å².